The molecular weight excluding hydrogens is 340 g/mol. The zero-order valence-electron chi connectivity index (χ0n) is 15.7. The summed E-state index contributed by atoms with van der Waals surface area (Å²) in [5.74, 6) is -0.856. The number of aliphatic carboxylic acids is 1. The second-order valence-electron chi connectivity index (χ2n) is 7.93. The summed E-state index contributed by atoms with van der Waals surface area (Å²) in [6.07, 6.45) is 2.61. The largest absolute Gasteiger partial charge is 0.481 e. The van der Waals surface area contributed by atoms with Crippen LogP contribution >= 0.6 is 0 Å². The van der Waals surface area contributed by atoms with Crippen LogP contribution in [-0.2, 0) is 11.2 Å². The van der Waals surface area contributed by atoms with E-state index in [0.29, 0.717) is 18.4 Å². The molecule has 2 aliphatic rings. The molecule has 3 heterocycles. The van der Waals surface area contributed by atoms with Crippen LogP contribution in [0, 0.1) is 19.3 Å². The first-order chi connectivity index (χ1) is 12.9. The molecule has 2 bridgehead atoms. The number of aromatic nitrogens is 1. The van der Waals surface area contributed by atoms with E-state index in [1.807, 2.05) is 49.1 Å². The SMILES string of the molecule is Cc1cc(C(=O)N2[C@H]3CC[C@@H]2[C@](Cc2ccccc2)(C(=O)O)C3)cc(C)n1. The third kappa shape index (κ3) is 2.91. The molecule has 0 spiro atoms. The molecule has 0 saturated carbocycles. The summed E-state index contributed by atoms with van der Waals surface area (Å²) in [6, 6.07) is 13.1. The van der Waals surface area contributed by atoms with Crippen molar-refractivity contribution in [2.24, 2.45) is 5.41 Å². The highest BCUT2D eigenvalue weighted by atomic mass is 16.4. The van der Waals surface area contributed by atoms with Gasteiger partial charge in [-0.15, -0.1) is 0 Å². The van der Waals surface area contributed by atoms with Gasteiger partial charge in [0.15, 0.2) is 0 Å². The molecule has 0 aliphatic carbocycles. The predicted octanol–water partition coefficient (Wildman–Crippen LogP) is 3.39. The van der Waals surface area contributed by atoms with E-state index in [2.05, 4.69) is 4.98 Å². The van der Waals surface area contributed by atoms with Crippen molar-refractivity contribution in [1.82, 2.24) is 9.88 Å². The van der Waals surface area contributed by atoms with Gasteiger partial charge in [-0.05, 0) is 57.2 Å². The quantitative estimate of drug-likeness (QED) is 0.903. The van der Waals surface area contributed by atoms with E-state index in [-0.39, 0.29) is 18.0 Å². The van der Waals surface area contributed by atoms with E-state index in [9.17, 15) is 14.7 Å². The summed E-state index contributed by atoms with van der Waals surface area (Å²) in [5, 5.41) is 10.2. The fourth-order valence-corrected chi connectivity index (χ4v) is 5.05. The molecule has 2 saturated heterocycles. The lowest BCUT2D eigenvalue weighted by atomic mass is 9.70. The van der Waals surface area contributed by atoms with Gasteiger partial charge < -0.3 is 10.0 Å². The van der Waals surface area contributed by atoms with E-state index < -0.39 is 11.4 Å². The van der Waals surface area contributed by atoms with Gasteiger partial charge in [0.05, 0.1) is 5.41 Å². The molecular formula is C22H24N2O3. The number of carboxylic acids is 1. The summed E-state index contributed by atoms with van der Waals surface area (Å²) in [4.78, 5) is 31.9. The van der Waals surface area contributed by atoms with E-state index >= 15 is 0 Å². The average Bonchev–Trinajstić information content (AvgIpc) is 3.17. The Morgan fingerprint density at radius 1 is 1.15 bits per heavy atom. The van der Waals surface area contributed by atoms with Gasteiger partial charge in [0, 0.05) is 29.0 Å². The minimum atomic E-state index is -0.906. The summed E-state index contributed by atoms with van der Waals surface area (Å²) >= 11 is 0. The lowest BCUT2D eigenvalue weighted by Gasteiger charge is -2.33. The Hall–Kier alpha value is -2.69. The molecule has 4 rings (SSSR count). The van der Waals surface area contributed by atoms with Gasteiger partial charge in [0.25, 0.3) is 5.91 Å². The van der Waals surface area contributed by atoms with Crippen LogP contribution in [0.4, 0.5) is 0 Å². The molecule has 0 radical (unpaired) electrons. The molecule has 1 N–H and O–H groups in total. The standard InChI is InChI=1S/C22H24N2O3/c1-14-10-17(11-15(2)23-14)20(25)24-18-8-9-19(24)22(13-18,21(26)27)12-16-6-4-3-5-7-16/h3-7,10-11,18-19H,8-9,12-13H2,1-2H3,(H,26,27)/t18-,19+,22+/m0/s1. The van der Waals surface area contributed by atoms with Crippen molar-refractivity contribution in [2.75, 3.05) is 0 Å². The Bertz CT molecular complexity index is 875. The molecule has 1 aromatic carbocycles. The maximum atomic E-state index is 13.3. The number of fused-ring (bicyclic) bond motifs is 2. The first kappa shape index (κ1) is 17.7. The van der Waals surface area contributed by atoms with Gasteiger partial charge in [0.2, 0.25) is 0 Å². The van der Waals surface area contributed by atoms with Crippen LogP contribution in [0.5, 0.6) is 0 Å². The number of nitrogens with zero attached hydrogens (tertiary/aromatic N) is 2. The number of rotatable bonds is 4. The highest BCUT2D eigenvalue weighted by Crippen LogP contribution is 2.52. The third-order valence-corrected chi connectivity index (χ3v) is 6.09. The number of amides is 1. The van der Waals surface area contributed by atoms with E-state index in [1.165, 1.54) is 0 Å². The predicted molar refractivity (Wildman–Crippen MR) is 102 cm³/mol. The summed E-state index contributed by atoms with van der Waals surface area (Å²) < 4.78 is 0. The molecule has 1 aromatic heterocycles. The second-order valence-corrected chi connectivity index (χ2v) is 7.93. The smallest absolute Gasteiger partial charge is 0.312 e. The average molecular weight is 364 g/mol. The van der Waals surface area contributed by atoms with Crippen LogP contribution in [0.1, 0.15) is 46.6 Å². The molecule has 0 unspecified atom stereocenters. The number of hydrogen-bond donors (Lipinski definition) is 1. The monoisotopic (exact) mass is 364 g/mol. The van der Waals surface area contributed by atoms with E-state index in [4.69, 9.17) is 0 Å². The van der Waals surface area contributed by atoms with Crippen LogP contribution in [0.3, 0.4) is 0 Å². The normalized spacial score (nSPS) is 26.4. The minimum absolute atomic E-state index is 0.00362. The summed E-state index contributed by atoms with van der Waals surface area (Å²) in [6.45, 7) is 3.75. The van der Waals surface area contributed by atoms with Crippen LogP contribution in [0.15, 0.2) is 42.5 Å². The van der Waals surface area contributed by atoms with Crippen molar-refractivity contribution in [2.45, 2.75) is 51.6 Å². The van der Waals surface area contributed by atoms with Crippen LogP contribution in [-0.4, -0.2) is 39.0 Å². The van der Waals surface area contributed by atoms with Crippen molar-refractivity contribution < 1.29 is 14.7 Å². The molecule has 2 fully saturated rings. The molecule has 3 atom stereocenters. The number of carbonyl (C=O) groups is 2. The molecule has 5 nitrogen and oxygen atoms in total. The summed E-state index contributed by atoms with van der Waals surface area (Å²) in [7, 11) is 0. The number of hydrogen-bond acceptors (Lipinski definition) is 3. The van der Waals surface area contributed by atoms with Gasteiger partial charge in [0.1, 0.15) is 0 Å². The number of aryl methyl sites for hydroxylation is 2. The van der Waals surface area contributed by atoms with E-state index in [1.54, 1.807) is 12.1 Å². The Morgan fingerprint density at radius 3 is 2.44 bits per heavy atom. The number of pyridine rings is 1. The highest BCUT2D eigenvalue weighted by Gasteiger charge is 2.61. The lowest BCUT2D eigenvalue weighted by molar-refractivity contribution is -0.150. The Morgan fingerprint density at radius 2 is 1.81 bits per heavy atom. The molecule has 27 heavy (non-hydrogen) atoms. The Balaban J connectivity index is 1.68. The third-order valence-electron chi connectivity index (χ3n) is 6.09. The van der Waals surface area contributed by atoms with Crippen molar-refractivity contribution >= 4 is 11.9 Å². The van der Waals surface area contributed by atoms with Gasteiger partial charge >= 0.3 is 5.97 Å². The zero-order chi connectivity index (χ0) is 19.2. The van der Waals surface area contributed by atoms with Gasteiger partial charge in [-0.3, -0.25) is 14.6 Å². The fourth-order valence-electron chi connectivity index (χ4n) is 5.05. The first-order valence-corrected chi connectivity index (χ1v) is 9.46. The molecule has 1 amide bonds. The van der Waals surface area contributed by atoms with Crippen LogP contribution in [0.2, 0.25) is 0 Å². The van der Waals surface area contributed by atoms with Crippen LogP contribution in [0.25, 0.3) is 0 Å². The number of carboxylic acid groups (broad SMARTS) is 1. The Labute approximate surface area is 159 Å². The maximum absolute atomic E-state index is 13.3. The number of carbonyl (C=O) groups excluding carboxylic acids is 1. The second kappa shape index (κ2) is 6.48. The number of benzene rings is 1. The van der Waals surface area contributed by atoms with Crippen molar-refractivity contribution in [1.29, 1.82) is 0 Å². The molecule has 2 aliphatic heterocycles. The molecule has 5 heteroatoms. The first-order valence-electron chi connectivity index (χ1n) is 9.46. The lowest BCUT2D eigenvalue weighted by Crippen LogP contribution is -2.46. The van der Waals surface area contributed by atoms with E-state index in [0.717, 1.165) is 29.8 Å². The Kier molecular flexibility index (Phi) is 4.25. The van der Waals surface area contributed by atoms with Gasteiger partial charge in [-0.25, -0.2) is 0 Å². The van der Waals surface area contributed by atoms with Crippen molar-refractivity contribution in [3.05, 3.63) is 65.0 Å². The topological polar surface area (TPSA) is 70.5 Å². The van der Waals surface area contributed by atoms with Crippen molar-refractivity contribution in [3.63, 3.8) is 0 Å². The molecule has 2 aromatic rings. The fraction of sp³-hybridized carbons (Fsp3) is 0.409. The van der Waals surface area contributed by atoms with Gasteiger partial charge in [-0.1, -0.05) is 30.3 Å². The maximum Gasteiger partial charge on any atom is 0.312 e. The minimum Gasteiger partial charge on any atom is -0.481 e. The summed E-state index contributed by atoms with van der Waals surface area (Å²) in [5.41, 5.74) is 2.32. The van der Waals surface area contributed by atoms with Gasteiger partial charge in [-0.2, -0.15) is 0 Å². The molecule has 140 valence electrons. The van der Waals surface area contributed by atoms with Crippen LogP contribution < -0.4 is 0 Å². The zero-order valence-corrected chi connectivity index (χ0v) is 15.7. The van der Waals surface area contributed by atoms with Crippen molar-refractivity contribution in [3.8, 4) is 0 Å². The highest BCUT2D eigenvalue weighted by molar-refractivity contribution is 5.96.